The lowest BCUT2D eigenvalue weighted by molar-refractivity contribution is 0.183. The predicted octanol–water partition coefficient (Wildman–Crippen LogP) is 4.48. The van der Waals surface area contributed by atoms with Crippen molar-refractivity contribution < 1.29 is 4.79 Å². The lowest BCUT2D eigenvalue weighted by atomic mass is 9.99. The van der Waals surface area contributed by atoms with Crippen molar-refractivity contribution in [1.29, 1.82) is 0 Å². The maximum Gasteiger partial charge on any atom is 0.326 e. The highest BCUT2D eigenvalue weighted by atomic mass is 32.1. The van der Waals surface area contributed by atoms with Crippen LogP contribution in [0.5, 0.6) is 0 Å². The number of carbonyl (C=O) groups is 1. The summed E-state index contributed by atoms with van der Waals surface area (Å²) in [6, 6.07) is 9.15. The van der Waals surface area contributed by atoms with E-state index in [9.17, 15) is 4.79 Å². The number of thiazole rings is 1. The molecule has 0 aromatic carbocycles. The van der Waals surface area contributed by atoms with Gasteiger partial charge in [-0.1, -0.05) is 13.0 Å². The van der Waals surface area contributed by atoms with E-state index in [0.29, 0.717) is 11.6 Å². The Morgan fingerprint density at radius 3 is 2.66 bits per heavy atom. The van der Waals surface area contributed by atoms with Crippen LogP contribution in [0.25, 0.3) is 10.6 Å². The third-order valence-corrected chi connectivity index (χ3v) is 5.87. The van der Waals surface area contributed by atoms with E-state index in [1.807, 2.05) is 29.6 Å². The Labute approximate surface area is 174 Å². The summed E-state index contributed by atoms with van der Waals surface area (Å²) in [7, 11) is 0. The Hall–Kier alpha value is -2.84. The number of aromatic nitrogens is 3. The van der Waals surface area contributed by atoms with E-state index < -0.39 is 0 Å². The number of hydrogen-bond acceptors (Lipinski definition) is 6. The highest BCUT2D eigenvalue weighted by Crippen LogP contribution is 2.25. The summed E-state index contributed by atoms with van der Waals surface area (Å²) in [6.07, 6.45) is 5.91. The van der Waals surface area contributed by atoms with Gasteiger partial charge < -0.3 is 0 Å². The van der Waals surface area contributed by atoms with Crippen molar-refractivity contribution in [3.63, 3.8) is 0 Å². The molecule has 1 fully saturated rings. The van der Waals surface area contributed by atoms with Crippen LogP contribution in [0.3, 0.4) is 0 Å². The van der Waals surface area contributed by atoms with Crippen molar-refractivity contribution >= 4 is 29.0 Å². The molecule has 4 rings (SSSR count). The smallest absolute Gasteiger partial charge is 0.297 e. The highest BCUT2D eigenvalue weighted by Gasteiger charge is 2.16. The number of carbonyl (C=O) groups excluding carboxylic acids is 1. The van der Waals surface area contributed by atoms with Gasteiger partial charge in [0.2, 0.25) is 0 Å². The van der Waals surface area contributed by atoms with Crippen LogP contribution < -0.4 is 10.6 Å². The molecule has 1 saturated heterocycles. The lowest BCUT2D eigenvalue weighted by Gasteiger charge is -2.29. The van der Waals surface area contributed by atoms with Gasteiger partial charge in [-0.3, -0.25) is 20.5 Å². The number of nitrogens with one attached hydrogen (secondary N) is 2. The van der Waals surface area contributed by atoms with Crippen molar-refractivity contribution in [2.24, 2.45) is 5.92 Å². The largest absolute Gasteiger partial charge is 0.326 e. The fraction of sp³-hybridized carbons (Fsp3) is 0.333. The molecule has 3 aromatic heterocycles. The molecule has 0 saturated carbocycles. The van der Waals surface area contributed by atoms with Crippen molar-refractivity contribution in [3.8, 4) is 10.6 Å². The zero-order chi connectivity index (χ0) is 20.1. The Morgan fingerprint density at radius 1 is 1.10 bits per heavy atom. The summed E-state index contributed by atoms with van der Waals surface area (Å²) in [4.78, 5) is 27.8. The van der Waals surface area contributed by atoms with Gasteiger partial charge in [0.05, 0.1) is 5.69 Å². The average molecular weight is 409 g/mol. The summed E-state index contributed by atoms with van der Waals surface area (Å²) in [6.45, 7) is 5.32. The number of hydrogen-bond donors (Lipinski definition) is 2. The van der Waals surface area contributed by atoms with Gasteiger partial charge in [-0.2, -0.15) is 0 Å². The van der Waals surface area contributed by atoms with Crippen molar-refractivity contribution in [3.05, 3.63) is 53.8 Å². The molecule has 0 aliphatic carbocycles. The van der Waals surface area contributed by atoms with Gasteiger partial charge in [-0.25, -0.2) is 14.8 Å². The van der Waals surface area contributed by atoms with Crippen LogP contribution in [0, 0.1) is 5.92 Å². The number of piperidine rings is 1. The van der Waals surface area contributed by atoms with Crippen LogP contribution in [0.1, 0.15) is 25.5 Å². The summed E-state index contributed by atoms with van der Waals surface area (Å²) < 4.78 is 0. The molecule has 3 aromatic rings. The molecule has 150 valence electrons. The minimum Gasteiger partial charge on any atom is -0.297 e. The average Bonchev–Trinajstić information content (AvgIpc) is 3.19. The maximum atomic E-state index is 12.3. The normalized spacial score (nSPS) is 15.2. The SMILES string of the molecule is CC1CCN(Cc2cccc(NC(=O)Nc3csc(-c4ccncc4)n3)n2)CC1. The molecule has 2 N–H and O–H groups in total. The third kappa shape index (κ3) is 5.36. The highest BCUT2D eigenvalue weighted by molar-refractivity contribution is 7.13. The molecule has 1 aliphatic rings. The number of pyridine rings is 2. The number of nitrogens with zero attached hydrogens (tertiary/aromatic N) is 4. The second-order valence-electron chi connectivity index (χ2n) is 7.33. The first-order valence-electron chi connectivity index (χ1n) is 9.78. The van der Waals surface area contributed by atoms with E-state index in [-0.39, 0.29) is 6.03 Å². The van der Waals surface area contributed by atoms with Gasteiger partial charge in [0.1, 0.15) is 16.6 Å². The van der Waals surface area contributed by atoms with E-state index in [2.05, 4.69) is 37.4 Å². The molecule has 0 bridgehead atoms. The Balaban J connectivity index is 1.33. The number of anilines is 2. The Bertz CT molecular complexity index is 953. The first kappa shape index (κ1) is 19.5. The molecule has 7 nitrogen and oxygen atoms in total. The van der Waals surface area contributed by atoms with Crippen molar-refractivity contribution in [2.75, 3.05) is 23.7 Å². The molecule has 29 heavy (non-hydrogen) atoms. The molecule has 8 heteroatoms. The number of likely N-dealkylation sites (tertiary alicyclic amines) is 1. The van der Waals surface area contributed by atoms with Crippen LogP contribution in [-0.4, -0.2) is 39.0 Å². The number of rotatable bonds is 5. The Kier molecular flexibility index (Phi) is 6.12. The molecular weight excluding hydrogens is 384 g/mol. The molecule has 4 heterocycles. The van der Waals surface area contributed by atoms with Crippen molar-refractivity contribution in [2.45, 2.75) is 26.3 Å². The predicted molar refractivity (Wildman–Crippen MR) is 116 cm³/mol. The lowest BCUT2D eigenvalue weighted by Crippen LogP contribution is -2.32. The molecule has 0 unspecified atom stereocenters. The minimum atomic E-state index is -0.354. The van der Waals surface area contributed by atoms with Gasteiger partial charge in [-0.15, -0.1) is 11.3 Å². The van der Waals surface area contributed by atoms with Crippen LogP contribution in [-0.2, 0) is 6.54 Å². The quantitative estimate of drug-likeness (QED) is 0.650. The van der Waals surface area contributed by atoms with Crippen LogP contribution in [0.4, 0.5) is 16.4 Å². The molecule has 1 aliphatic heterocycles. The molecule has 0 radical (unpaired) electrons. The monoisotopic (exact) mass is 408 g/mol. The third-order valence-electron chi connectivity index (χ3n) is 4.98. The van der Waals surface area contributed by atoms with E-state index in [1.165, 1.54) is 24.2 Å². The molecule has 0 spiro atoms. The van der Waals surface area contributed by atoms with Crippen LogP contribution >= 0.6 is 11.3 Å². The minimum absolute atomic E-state index is 0.354. The van der Waals surface area contributed by atoms with Gasteiger partial charge in [0, 0.05) is 29.9 Å². The second-order valence-corrected chi connectivity index (χ2v) is 8.18. The van der Waals surface area contributed by atoms with E-state index in [4.69, 9.17) is 0 Å². The van der Waals surface area contributed by atoms with Crippen molar-refractivity contribution in [1.82, 2.24) is 19.9 Å². The van der Waals surface area contributed by atoms with E-state index >= 15 is 0 Å². The summed E-state index contributed by atoms with van der Waals surface area (Å²) in [5.74, 6) is 1.86. The maximum absolute atomic E-state index is 12.3. The second kappa shape index (κ2) is 9.11. The first-order chi connectivity index (χ1) is 14.2. The number of urea groups is 1. The molecular formula is C21H24N6OS. The molecule has 2 amide bonds. The Morgan fingerprint density at radius 2 is 1.86 bits per heavy atom. The zero-order valence-electron chi connectivity index (χ0n) is 16.3. The fourth-order valence-corrected chi connectivity index (χ4v) is 4.07. The van der Waals surface area contributed by atoms with Gasteiger partial charge >= 0.3 is 6.03 Å². The summed E-state index contributed by atoms with van der Waals surface area (Å²) in [5.41, 5.74) is 1.94. The zero-order valence-corrected chi connectivity index (χ0v) is 17.2. The topological polar surface area (TPSA) is 83.0 Å². The fourth-order valence-electron chi connectivity index (χ4n) is 3.31. The van der Waals surface area contributed by atoms with Crippen LogP contribution in [0.2, 0.25) is 0 Å². The van der Waals surface area contributed by atoms with E-state index in [0.717, 1.165) is 41.8 Å². The number of amides is 2. The molecule has 0 atom stereocenters. The van der Waals surface area contributed by atoms with E-state index in [1.54, 1.807) is 18.5 Å². The van der Waals surface area contributed by atoms with Gasteiger partial charge in [0.25, 0.3) is 0 Å². The van der Waals surface area contributed by atoms with Gasteiger partial charge in [-0.05, 0) is 56.1 Å². The van der Waals surface area contributed by atoms with Crippen LogP contribution in [0.15, 0.2) is 48.1 Å². The summed E-state index contributed by atoms with van der Waals surface area (Å²) in [5, 5.41) is 8.22. The first-order valence-corrected chi connectivity index (χ1v) is 10.7. The summed E-state index contributed by atoms with van der Waals surface area (Å²) >= 11 is 1.47. The standard InChI is InChI=1S/C21H24N6OS/c1-15-7-11-27(12-8-15)13-17-3-2-4-18(23-17)25-21(28)26-19-14-29-20(24-19)16-5-9-22-10-6-16/h2-6,9-10,14-15H,7-8,11-13H2,1H3,(H2,23,25,26,28). The van der Waals surface area contributed by atoms with Gasteiger partial charge in [0.15, 0.2) is 0 Å².